The van der Waals surface area contributed by atoms with Gasteiger partial charge in [0.15, 0.2) is 12.3 Å². The minimum atomic E-state index is -0.748. The van der Waals surface area contributed by atoms with Crippen molar-refractivity contribution in [2.75, 3.05) is 19.7 Å². The van der Waals surface area contributed by atoms with Gasteiger partial charge in [-0.2, -0.15) is 9.90 Å². The largest absolute Gasteiger partial charge is 0.451 e. The number of benzene rings is 1. The van der Waals surface area contributed by atoms with Crippen LogP contribution in [0, 0.1) is 12.8 Å². The molecule has 1 saturated heterocycles. The molecule has 28 heavy (non-hydrogen) atoms. The third-order valence-corrected chi connectivity index (χ3v) is 4.75. The SMILES string of the molecule is Cc1nn(-c2cccc(Cl)c2)nc1C(=O)OCC(=O)N1CCC[C@H](C(N)=O)C1. The van der Waals surface area contributed by atoms with Crippen LogP contribution >= 0.6 is 11.6 Å². The molecule has 1 atom stereocenters. The molecule has 0 radical (unpaired) electrons. The first-order chi connectivity index (χ1) is 13.3. The van der Waals surface area contributed by atoms with E-state index in [1.54, 1.807) is 31.2 Å². The summed E-state index contributed by atoms with van der Waals surface area (Å²) in [5.74, 6) is -1.92. The third-order valence-electron chi connectivity index (χ3n) is 4.52. The van der Waals surface area contributed by atoms with Crippen LogP contribution in [0.4, 0.5) is 0 Å². The number of likely N-dealkylation sites (tertiary alicyclic amines) is 1. The number of amides is 2. The van der Waals surface area contributed by atoms with Gasteiger partial charge in [0, 0.05) is 18.1 Å². The van der Waals surface area contributed by atoms with E-state index in [2.05, 4.69) is 10.2 Å². The van der Waals surface area contributed by atoms with Crippen molar-refractivity contribution in [2.45, 2.75) is 19.8 Å². The molecule has 2 aromatic rings. The third kappa shape index (κ3) is 4.48. The Morgan fingerprint density at radius 2 is 2.11 bits per heavy atom. The van der Waals surface area contributed by atoms with Crippen molar-refractivity contribution in [3.05, 3.63) is 40.7 Å². The Bertz CT molecular complexity index is 913. The van der Waals surface area contributed by atoms with Crippen LogP contribution in [0.2, 0.25) is 5.02 Å². The molecule has 2 N–H and O–H groups in total. The Labute approximate surface area is 166 Å². The monoisotopic (exact) mass is 405 g/mol. The summed E-state index contributed by atoms with van der Waals surface area (Å²) in [7, 11) is 0. The number of nitrogens with zero attached hydrogens (tertiary/aromatic N) is 4. The van der Waals surface area contributed by atoms with Crippen LogP contribution < -0.4 is 5.73 Å². The van der Waals surface area contributed by atoms with E-state index in [-0.39, 0.29) is 24.1 Å². The molecule has 1 aromatic heterocycles. The number of aryl methyl sites for hydroxylation is 1. The summed E-state index contributed by atoms with van der Waals surface area (Å²) in [6, 6.07) is 6.86. The number of primary amides is 1. The number of nitrogens with two attached hydrogens (primary N) is 1. The Kier molecular flexibility index (Phi) is 5.93. The smallest absolute Gasteiger partial charge is 0.361 e. The van der Waals surface area contributed by atoms with Gasteiger partial charge >= 0.3 is 5.97 Å². The topological polar surface area (TPSA) is 120 Å². The van der Waals surface area contributed by atoms with Crippen LogP contribution in [0.5, 0.6) is 0 Å². The van der Waals surface area contributed by atoms with E-state index >= 15 is 0 Å². The van der Waals surface area contributed by atoms with Crippen molar-refractivity contribution in [2.24, 2.45) is 11.7 Å². The number of esters is 1. The molecule has 3 rings (SSSR count). The van der Waals surface area contributed by atoms with Gasteiger partial charge in [-0.3, -0.25) is 9.59 Å². The lowest BCUT2D eigenvalue weighted by atomic mass is 9.97. The molecule has 1 aliphatic heterocycles. The number of aromatic nitrogens is 3. The lowest BCUT2D eigenvalue weighted by Crippen LogP contribution is -2.45. The normalized spacial score (nSPS) is 16.6. The summed E-state index contributed by atoms with van der Waals surface area (Å²) in [6.45, 7) is 1.93. The van der Waals surface area contributed by atoms with E-state index in [0.29, 0.717) is 35.8 Å². The molecule has 1 fully saturated rings. The molecule has 2 amide bonds. The Morgan fingerprint density at radius 1 is 1.32 bits per heavy atom. The summed E-state index contributed by atoms with van der Waals surface area (Å²) in [4.78, 5) is 38.7. The summed E-state index contributed by atoms with van der Waals surface area (Å²) in [5.41, 5.74) is 6.29. The number of halogens is 1. The maximum absolute atomic E-state index is 12.3. The van der Waals surface area contributed by atoms with E-state index < -0.39 is 18.5 Å². The zero-order valence-electron chi connectivity index (χ0n) is 15.3. The van der Waals surface area contributed by atoms with Crippen LogP contribution in [-0.4, -0.2) is 57.4 Å². The number of carbonyl (C=O) groups is 3. The first-order valence-corrected chi connectivity index (χ1v) is 9.17. The summed E-state index contributed by atoms with van der Waals surface area (Å²) >= 11 is 5.96. The van der Waals surface area contributed by atoms with Gasteiger partial charge < -0.3 is 15.4 Å². The number of hydrogen-bond donors (Lipinski definition) is 1. The maximum atomic E-state index is 12.3. The average Bonchev–Trinajstić information content (AvgIpc) is 3.07. The molecule has 9 nitrogen and oxygen atoms in total. The predicted molar refractivity (Wildman–Crippen MR) is 99.9 cm³/mol. The molecule has 2 heterocycles. The highest BCUT2D eigenvalue weighted by Crippen LogP contribution is 2.17. The van der Waals surface area contributed by atoms with E-state index in [1.807, 2.05) is 0 Å². The van der Waals surface area contributed by atoms with Crippen molar-refractivity contribution in [3.8, 4) is 5.69 Å². The molecule has 0 bridgehead atoms. The fourth-order valence-corrected chi connectivity index (χ4v) is 3.19. The lowest BCUT2D eigenvalue weighted by Gasteiger charge is -2.30. The highest BCUT2D eigenvalue weighted by Gasteiger charge is 2.28. The fourth-order valence-electron chi connectivity index (χ4n) is 3.01. The van der Waals surface area contributed by atoms with Gasteiger partial charge in [0.1, 0.15) is 0 Å². The first kappa shape index (κ1) is 19.8. The zero-order chi connectivity index (χ0) is 20.3. The standard InChI is InChI=1S/C18H20ClN5O4/c1-11-16(22-24(21-11)14-6-2-5-13(19)8-14)18(27)28-10-15(25)23-7-3-4-12(9-23)17(20)26/h2,5-6,8,12H,3-4,7,9-10H2,1H3,(H2,20,26)/t12-/m0/s1. The van der Waals surface area contributed by atoms with Crippen LogP contribution in [-0.2, 0) is 14.3 Å². The van der Waals surface area contributed by atoms with Crippen LogP contribution in [0.3, 0.4) is 0 Å². The second-order valence-corrected chi connectivity index (χ2v) is 7.00. The van der Waals surface area contributed by atoms with Gasteiger partial charge in [0.2, 0.25) is 5.91 Å². The van der Waals surface area contributed by atoms with Crippen molar-refractivity contribution >= 4 is 29.4 Å². The van der Waals surface area contributed by atoms with Crippen LogP contribution in [0.15, 0.2) is 24.3 Å². The second kappa shape index (κ2) is 8.39. The van der Waals surface area contributed by atoms with Crippen molar-refractivity contribution < 1.29 is 19.1 Å². The minimum absolute atomic E-state index is 0.0152. The van der Waals surface area contributed by atoms with Crippen molar-refractivity contribution in [1.82, 2.24) is 19.9 Å². The molecule has 1 aliphatic rings. The number of piperidine rings is 1. The highest BCUT2D eigenvalue weighted by atomic mass is 35.5. The highest BCUT2D eigenvalue weighted by molar-refractivity contribution is 6.30. The quantitative estimate of drug-likeness (QED) is 0.744. The summed E-state index contributed by atoms with van der Waals surface area (Å²) in [6.07, 6.45) is 1.34. The Balaban J connectivity index is 1.62. The maximum Gasteiger partial charge on any atom is 0.361 e. The molecular formula is C18H20ClN5O4. The van der Waals surface area contributed by atoms with E-state index in [1.165, 1.54) is 9.70 Å². The second-order valence-electron chi connectivity index (χ2n) is 6.56. The Hall–Kier alpha value is -2.94. The number of ether oxygens (including phenoxy) is 1. The molecule has 148 valence electrons. The average molecular weight is 406 g/mol. The summed E-state index contributed by atoms with van der Waals surface area (Å²) in [5, 5.41) is 8.83. The lowest BCUT2D eigenvalue weighted by molar-refractivity contribution is -0.137. The van der Waals surface area contributed by atoms with Crippen molar-refractivity contribution in [1.29, 1.82) is 0 Å². The van der Waals surface area contributed by atoms with Crippen LogP contribution in [0.1, 0.15) is 29.0 Å². The van der Waals surface area contributed by atoms with Crippen LogP contribution in [0.25, 0.3) is 5.69 Å². The molecule has 1 aromatic carbocycles. The molecule has 0 spiro atoms. The van der Waals surface area contributed by atoms with Gasteiger partial charge in [-0.15, -0.1) is 5.10 Å². The van der Waals surface area contributed by atoms with E-state index in [9.17, 15) is 14.4 Å². The van der Waals surface area contributed by atoms with E-state index in [4.69, 9.17) is 22.1 Å². The molecular weight excluding hydrogens is 386 g/mol. The molecule has 10 heteroatoms. The molecule has 0 saturated carbocycles. The predicted octanol–water partition coefficient (Wildman–Crippen LogP) is 1.11. The molecule has 0 unspecified atom stereocenters. The van der Waals surface area contributed by atoms with Gasteiger partial charge in [-0.05, 0) is 38.0 Å². The number of hydrogen-bond acceptors (Lipinski definition) is 6. The van der Waals surface area contributed by atoms with Gasteiger partial charge in [0.05, 0.1) is 17.3 Å². The number of carbonyl (C=O) groups excluding carboxylic acids is 3. The fraction of sp³-hybridized carbons (Fsp3) is 0.389. The van der Waals surface area contributed by atoms with Gasteiger partial charge in [0.25, 0.3) is 5.91 Å². The minimum Gasteiger partial charge on any atom is -0.451 e. The number of rotatable bonds is 5. The van der Waals surface area contributed by atoms with Crippen molar-refractivity contribution in [3.63, 3.8) is 0 Å². The van der Waals surface area contributed by atoms with Gasteiger partial charge in [-0.1, -0.05) is 17.7 Å². The zero-order valence-corrected chi connectivity index (χ0v) is 16.1. The van der Waals surface area contributed by atoms with E-state index in [0.717, 1.165) is 0 Å². The summed E-state index contributed by atoms with van der Waals surface area (Å²) < 4.78 is 5.10. The molecule has 0 aliphatic carbocycles. The first-order valence-electron chi connectivity index (χ1n) is 8.79. The Morgan fingerprint density at radius 3 is 2.82 bits per heavy atom. The van der Waals surface area contributed by atoms with Gasteiger partial charge in [-0.25, -0.2) is 4.79 Å².